The monoisotopic (exact) mass is 197 g/mol. The van der Waals surface area contributed by atoms with Gasteiger partial charge in [-0.2, -0.15) is 0 Å². The zero-order chi connectivity index (χ0) is 10.6. The van der Waals surface area contributed by atoms with Gasteiger partial charge in [-0.25, -0.2) is 18.6 Å². The van der Waals surface area contributed by atoms with E-state index in [2.05, 4.69) is 4.99 Å². The zero-order valence-electron chi connectivity index (χ0n) is 7.63. The molecule has 1 aromatic carbocycles. The van der Waals surface area contributed by atoms with Crippen LogP contribution in [0, 0.1) is 6.92 Å². The van der Waals surface area contributed by atoms with Gasteiger partial charge in [0.2, 0.25) is 6.08 Å². The van der Waals surface area contributed by atoms with Crippen LogP contribution < -0.4 is 0 Å². The molecule has 0 heterocycles. The minimum absolute atomic E-state index is 0.0369. The highest BCUT2D eigenvalue weighted by Gasteiger charge is 2.11. The Morgan fingerprint density at radius 1 is 1.50 bits per heavy atom. The first kappa shape index (κ1) is 10.5. The van der Waals surface area contributed by atoms with Crippen LogP contribution in [0.15, 0.2) is 23.2 Å². The fraction of sp³-hybridized carbons (Fsp3) is 0.300. The highest BCUT2D eigenvalue weighted by molar-refractivity contribution is 5.36. The van der Waals surface area contributed by atoms with E-state index in [1.807, 2.05) is 0 Å². The van der Waals surface area contributed by atoms with Crippen molar-refractivity contribution in [2.24, 2.45) is 4.99 Å². The fourth-order valence-electron chi connectivity index (χ4n) is 1.20. The number of halogens is 2. The Bertz CT molecular complexity index is 370. The Hall–Kier alpha value is -1.54. The Morgan fingerprint density at radius 3 is 2.79 bits per heavy atom. The molecule has 0 aromatic heterocycles. The Kier molecular flexibility index (Phi) is 3.48. The summed E-state index contributed by atoms with van der Waals surface area (Å²) in [5.74, 6) is 0. The number of aliphatic imine (C=N–C) groups is 1. The molecule has 14 heavy (non-hydrogen) atoms. The molecule has 0 saturated carbocycles. The molecule has 74 valence electrons. The van der Waals surface area contributed by atoms with Crippen LogP contribution >= 0.6 is 0 Å². The van der Waals surface area contributed by atoms with Crippen molar-refractivity contribution < 1.29 is 13.6 Å². The van der Waals surface area contributed by atoms with Gasteiger partial charge < -0.3 is 0 Å². The van der Waals surface area contributed by atoms with Crippen LogP contribution in [0.3, 0.4) is 0 Å². The van der Waals surface area contributed by atoms with Crippen molar-refractivity contribution in [1.82, 2.24) is 0 Å². The predicted octanol–water partition coefficient (Wildman–Crippen LogP) is 2.77. The lowest BCUT2D eigenvalue weighted by atomic mass is 10.1. The van der Waals surface area contributed by atoms with Crippen molar-refractivity contribution in [3.05, 3.63) is 34.9 Å². The number of rotatable bonds is 3. The van der Waals surface area contributed by atoms with E-state index in [-0.39, 0.29) is 12.1 Å². The molecule has 0 spiro atoms. The first-order valence-electron chi connectivity index (χ1n) is 4.06. The van der Waals surface area contributed by atoms with Crippen LogP contribution in [0.5, 0.6) is 0 Å². The summed E-state index contributed by atoms with van der Waals surface area (Å²) in [6.07, 6.45) is -1.20. The van der Waals surface area contributed by atoms with E-state index >= 15 is 0 Å². The van der Waals surface area contributed by atoms with Crippen LogP contribution in [0.1, 0.15) is 23.1 Å². The SMILES string of the molecule is Cc1ccc(C(F)F)c(CN=C=O)c1. The predicted molar refractivity (Wildman–Crippen MR) is 48.0 cm³/mol. The molecule has 1 rings (SSSR count). The number of nitrogens with zero attached hydrogens (tertiary/aromatic N) is 1. The van der Waals surface area contributed by atoms with E-state index in [9.17, 15) is 13.6 Å². The Labute approximate surface area is 80.3 Å². The van der Waals surface area contributed by atoms with Crippen molar-refractivity contribution in [3.8, 4) is 0 Å². The maximum absolute atomic E-state index is 12.4. The number of isocyanates is 1. The number of hydrogen-bond donors (Lipinski definition) is 0. The summed E-state index contributed by atoms with van der Waals surface area (Å²) in [5.41, 5.74) is 1.17. The van der Waals surface area contributed by atoms with Gasteiger partial charge in [-0.15, -0.1) is 0 Å². The molecule has 4 heteroatoms. The lowest BCUT2D eigenvalue weighted by Crippen LogP contribution is -1.94. The average Bonchev–Trinajstić information content (AvgIpc) is 2.14. The van der Waals surface area contributed by atoms with Crippen molar-refractivity contribution in [1.29, 1.82) is 0 Å². The average molecular weight is 197 g/mol. The lowest BCUT2D eigenvalue weighted by molar-refractivity contribution is 0.150. The molecule has 0 amide bonds. The molecule has 0 bridgehead atoms. The van der Waals surface area contributed by atoms with E-state index in [0.717, 1.165) is 5.56 Å². The smallest absolute Gasteiger partial charge is 0.211 e. The molecule has 0 aliphatic rings. The number of benzene rings is 1. The molecule has 0 aliphatic carbocycles. The summed E-state index contributed by atoms with van der Waals surface area (Å²) in [4.78, 5) is 13.2. The third kappa shape index (κ3) is 2.47. The second kappa shape index (κ2) is 4.63. The molecule has 0 aliphatic heterocycles. The zero-order valence-corrected chi connectivity index (χ0v) is 7.63. The molecule has 0 fully saturated rings. The minimum Gasteiger partial charge on any atom is -0.211 e. The second-order valence-electron chi connectivity index (χ2n) is 2.91. The summed E-state index contributed by atoms with van der Waals surface area (Å²) in [6, 6.07) is 4.56. The minimum atomic E-state index is -2.53. The van der Waals surface area contributed by atoms with Crippen molar-refractivity contribution in [3.63, 3.8) is 0 Å². The molecule has 1 aromatic rings. The lowest BCUT2D eigenvalue weighted by Gasteiger charge is -2.06. The van der Waals surface area contributed by atoms with Crippen LogP contribution in [-0.2, 0) is 11.3 Å². The van der Waals surface area contributed by atoms with Crippen LogP contribution in [0.4, 0.5) is 8.78 Å². The fourth-order valence-corrected chi connectivity index (χ4v) is 1.20. The molecular weight excluding hydrogens is 188 g/mol. The van der Waals surface area contributed by atoms with Gasteiger partial charge in [0.05, 0.1) is 6.54 Å². The van der Waals surface area contributed by atoms with Crippen molar-refractivity contribution >= 4 is 6.08 Å². The van der Waals surface area contributed by atoms with Gasteiger partial charge in [0.15, 0.2) is 0 Å². The first-order chi connectivity index (χ1) is 6.65. The van der Waals surface area contributed by atoms with Gasteiger partial charge in [0.1, 0.15) is 0 Å². The van der Waals surface area contributed by atoms with E-state index in [1.165, 1.54) is 12.1 Å². The van der Waals surface area contributed by atoms with Gasteiger partial charge in [-0.3, -0.25) is 0 Å². The van der Waals surface area contributed by atoms with Gasteiger partial charge in [-0.1, -0.05) is 23.8 Å². The molecule has 0 atom stereocenters. The maximum Gasteiger partial charge on any atom is 0.264 e. The summed E-state index contributed by atoms with van der Waals surface area (Å²) in [6.45, 7) is 1.76. The highest BCUT2D eigenvalue weighted by Crippen LogP contribution is 2.24. The Balaban J connectivity index is 3.08. The number of hydrogen-bond acceptors (Lipinski definition) is 2. The molecule has 0 saturated heterocycles. The van der Waals surface area contributed by atoms with Crippen LogP contribution in [-0.4, -0.2) is 6.08 Å². The quantitative estimate of drug-likeness (QED) is 0.541. The van der Waals surface area contributed by atoms with Crippen LogP contribution in [0.25, 0.3) is 0 Å². The van der Waals surface area contributed by atoms with Crippen LogP contribution in [0.2, 0.25) is 0 Å². The van der Waals surface area contributed by atoms with E-state index in [4.69, 9.17) is 0 Å². The summed E-state index contributed by atoms with van der Waals surface area (Å²) < 4.78 is 24.9. The molecule has 0 radical (unpaired) electrons. The number of alkyl halides is 2. The second-order valence-corrected chi connectivity index (χ2v) is 2.91. The maximum atomic E-state index is 12.4. The third-order valence-corrected chi connectivity index (χ3v) is 1.85. The summed E-state index contributed by atoms with van der Waals surface area (Å²) >= 11 is 0. The summed E-state index contributed by atoms with van der Waals surface area (Å²) in [5, 5.41) is 0. The van der Waals surface area contributed by atoms with Gasteiger partial charge in [-0.05, 0) is 12.5 Å². The number of carbonyl (C=O) groups excluding carboxylic acids is 1. The molecule has 0 N–H and O–H groups in total. The van der Waals surface area contributed by atoms with Gasteiger partial charge in [0.25, 0.3) is 6.43 Å². The first-order valence-corrected chi connectivity index (χ1v) is 4.06. The van der Waals surface area contributed by atoms with Crippen molar-refractivity contribution in [2.45, 2.75) is 19.9 Å². The van der Waals surface area contributed by atoms with Crippen molar-refractivity contribution in [2.75, 3.05) is 0 Å². The largest absolute Gasteiger partial charge is 0.264 e. The van der Waals surface area contributed by atoms with Gasteiger partial charge >= 0.3 is 0 Å². The summed E-state index contributed by atoms with van der Waals surface area (Å²) in [7, 11) is 0. The normalized spacial score (nSPS) is 10.0. The third-order valence-electron chi connectivity index (χ3n) is 1.85. The number of aryl methyl sites for hydroxylation is 1. The van der Waals surface area contributed by atoms with E-state index in [1.54, 1.807) is 19.1 Å². The van der Waals surface area contributed by atoms with E-state index in [0.29, 0.717) is 5.56 Å². The standard InChI is InChI=1S/C10H9F2NO/c1-7-2-3-9(10(11)12)8(4-7)5-13-6-14/h2-4,10H,5H2,1H3. The molecule has 2 nitrogen and oxygen atoms in total. The van der Waals surface area contributed by atoms with E-state index < -0.39 is 6.43 Å². The molecule has 0 unspecified atom stereocenters. The highest BCUT2D eigenvalue weighted by atomic mass is 19.3. The Morgan fingerprint density at radius 2 is 2.21 bits per heavy atom. The van der Waals surface area contributed by atoms with Gasteiger partial charge in [0, 0.05) is 5.56 Å². The topological polar surface area (TPSA) is 29.4 Å². The molecular formula is C10H9F2NO.